The summed E-state index contributed by atoms with van der Waals surface area (Å²) in [6.07, 6.45) is 3.58. The molecule has 0 aliphatic heterocycles. The fourth-order valence-corrected chi connectivity index (χ4v) is 1.27. The highest BCUT2D eigenvalue weighted by Gasteiger charge is 2.00. The second-order valence-corrected chi connectivity index (χ2v) is 2.87. The van der Waals surface area contributed by atoms with Crippen molar-refractivity contribution in [2.45, 2.75) is 20.8 Å². The average Bonchev–Trinajstić information content (AvgIpc) is 2.31. The summed E-state index contributed by atoms with van der Waals surface area (Å²) in [4.78, 5) is 8.35. The van der Waals surface area contributed by atoms with E-state index < -0.39 is 0 Å². The van der Waals surface area contributed by atoms with Crippen LogP contribution in [-0.2, 0) is 0 Å². The summed E-state index contributed by atoms with van der Waals surface area (Å²) in [6, 6.07) is 3.80. The van der Waals surface area contributed by atoms with Gasteiger partial charge in [-0.15, -0.1) is 0 Å². The minimum absolute atomic E-state index is 0.602. The van der Waals surface area contributed by atoms with Crippen LogP contribution in [0.3, 0.4) is 0 Å². The van der Waals surface area contributed by atoms with E-state index in [1.807, 2.05) is 32.9 Å². The monoisotopic (exact) mass is 204 g/mol. The van der Waals surface area contributed by atoms with Crippen LogP contribution in [0.25, 0.3) is 10.9 Å². The first-order chi connectivity index (χ1) is 7.31. The molecular weight excluding hydrogens is 188 g/mol. The molecular formula is C12H16N2O. The van der Waals surface area contributed by atoms with Gasteiger partial charge in [-0.3, -0.25) is 4.98 Å². The Morgan fingerprint density at radius 2 is 1.93 bits per heavy atom. The van der Waals surface area contributed by atoms with Crippen LogP contribution >= 0.6 is 0 Å². The van der Waals surface area contributed by atoms with Gasteiger partial charge in [-0.2, -0.15) is 0 Å². The van der Waals surface area contributed by atoms with Crippen molar-refractivity contribution in [3.8, 4) is 5.88 Å². The van der Waals surface area contributed by atoms with E-state index in [0.29, 0.717) is 5.88 Å². The van der Waals surface area contributed by atoms with Crippen LogP contribution in [0, 0.1) is 6.92 Å². The summed E-state index contributed by atoms with van der Waals surface area (Å²) in [5, 5.41) is 1.07. The number of rotatable bonds is 1. The highest BCUT2D eigenvalue weighted by molar-refractivity contribution is 5.81. The van der Waals surface area contributed by atoms with Crippen LogP contribution in [-0.4, -0.2) is 17.1 Å². The first-order valence-electron chi connectivity index (χ1n) is 5.06. The second kappa shape index (κ2) is 5.29. The molecule has 80 valence electrons. The van der Waals surface area contributed by atoms with Crippen LogP contribution in [0.5, 0.6) is 5.88 Å². The highest BCUT2D eigenvalue weighted by Crippen LogP contribution is 2.18. The predicted octanol–water partition coefficient (Wildman–Crippen LogP) is 2.97. The molecule has 0 radical (unpaired) electrons. The van der Waals surface area contributed by atoms with Gasteiger partial charge in [-0.1, -0.05) is 13.8 Å². The quantitative estimate of drug-likeness (QED) is 0.716. The van der Waals surface area contributed by atoms with Crippen LogP contribution in [0.2, 0.25) is 0 Å². The minimum atomic E-state index is 0.602. The number of ether oxygens (including phenoxy) is 1. The van der Waals surface area contributed by atoms with E-state index in [0.717, 1.165) is 10.9 Å². The van der Waals surface area contributed by atoms with E-state index in [2.05, 4.69) is 9.97 Å². The molecule has 2 heterocycles. The van der Waals surface area contributed by atoms with Crippen molar-refractivity contribution >= 4 is 10.9 Å². The zero-order valence-electron chi connectivity index (χ0n) is 9.61. The van der Waals surface area contributed by atoms with Crippen molar-refractivity contribution in [1.29, 1.82) is 0 Å². The first-order valence-corrected chi connectivity index (χ1v) is 5.06. The molecule has 0 fully saturated rings. The molecule has 0 N–H and O–H groups in total. The molecule has 3 heteroatoms. The lowest BCUT2D eigenvalue weighted by Gasteiger charge is -2.02. The number of hydrogen-bond acceptors (Lipinski definition) is 3. The van der Waals surface area contributed by atoms with Crippen molar-refractivity contribution in [3.05, 3.63) is 30.1 Å². The van der Waals surface area contributed by atoms with Crippen molar-refractivity contribution in [2.75, 3.05) is 7.11 Å². The van der Waals surface area contributed by atoms with Crippen molar-refractivity contribution in [2.24, 2.45) is 0 Å². The molecule has 0 saturated heterocycles. The summed E-state index contributed by atoms with van der Waals surface area (Å²) < 4.78 is 5.01. The first kappa shape index (κ1) is 11.4. The highest BCUT2D eigenvalue weighted by atomic mass is 16.5. The van der Waals surface area contributed by atoms with Crippen molar-refractivity contribution in [3.63, 3.8) is 0 Å². The third-order valence-corrected chi connectivity index (χ3v) is 2.03. The van der Waals surface area contributed by atoms with Gasteiger partial charge in [0, 0.05) is 23.8 Å². The Morgan fingerprint density at radius 1 is 1.20 bits per heavy atom. The van der Waals surface area contributed by atoms with Crippen LogP contribution in [0.1, 0.15) is 19.4 Å². The Bertz CT molecular complexity index is 441. The number of aromatic nitrogens is 2. The average molecular weight is 204 g/mol. The number of pyridine rings is 2. The third kappa shape index (κ3) is 2.43. The fraction of sp³-hybridized carbons (Fsp3) is 0.333. The molecule has 0 amide bonds. The number of methoxy groups -OCH3 is 1. The number of aryl methyl sites for hydroxylation is 1. The smallest absolute Gasteiger partial charge is 0.215 e. The molecule has 2 rings (SSSR count). The van der Waals surface area contributed by atoms with Gasteiger partial charge >= 0.3 is 0 Å². The van der Waals surface area contributed by atoms with Gasteiger partial charge in [-0.25, -0.2) is 4.98 Å². The molecule has 0 bridgehead atoms. The predicted molar refractivity (Wildman–Crippen MR) is 62.2 cm³/mol. The normalized spacial score (nSPS) is 9.33. The molecule has 15 heavy (non-hydrogen) atoms. The van der Waals surface area contributed by atoms with Gasteiger partial charge in [0.15, 0.2) is 0 Å². The van der Waals surface area contributed by atoms with Gasteiger partial charge < -0.3 is 4.74 Å². The SMILES string of the molecule is CC.COc1cc2nccc(C)c2cn1. The summed E-state index contributed by atoms with van der Waals surface area (Å²) >= 11 is 0. The zero-order chi connectivity index (χ0) is 11.3. The maximum Gasteiger partial charge on any atom is 0.215 e. The Morgan fingerprint density at radius 3 is 2.60 bits per heavy atom. The molecule has 2 aromatic rings. The molecule has 0 atom stereocenters. The number of hydrogen-bond donors (Lipinski definition) is 0. The Hall–Kier alpha value is -1.64. The van der Waals surface area contributed by atoms with E-state index in [4.69, 9.17) is 4.74 Å². The third-order valence-electron chi connectivity index (χ3n) is 2.03. The second-order valence-electron chi connectivity index (χ2n) is 2.87. The Kier molecular flexibility index (Phi) is 4.03. The summed E-state index contributed by atoms with van der Waals surface area (Å²) in [7, 11) is 1.60. The lowest BCUT2D eigenvalue weighted by molar-refractivity contribution is 0.398. The van der Waals surface area contributed by atoms with Gasteiger partial charge in [0.2, 0.25) is 5.88 Å². The maximum atomic E-state index is 5.01. The minimum Gasteiger partial charge on any atom is -0.481 e. The van der Waals surface area contributed by atoms with Gasteiger partial charge in [-0.05, 0) is 18.6 Å². The number of fused-ring (bicyclic) bond motifs is 1. The Balaban J connectivity index is 0.000000531. The standard InChI is InChI=1S/C10H10N2O.C2H6/c1-7-3-4-11-9-5-10(13-2)12-6-8(7)9;1-2/h3-6H,1-2H3;1-2H3. The van der Waals surface area contributed by atoms with Crippen molar-refractivity contribution < 1.29 is 4.74 Å². The molecule has 0 aliphatic carbocycles. The largest absolute Gasteiger partial charge is 0.481 e. The fourth-order valence-electron chi connectivity index (χ4n) is 1.27. The van der Waals surface area contributed by atoms with Gasteiger partial charge in [0.25, 0.3) is 0 Å². The topological polar surface area (TPSA) is 35.0 Å². The zero-order valence-corrected chi connectivity index (χ0v) is 9.61. The lowest BCUT2D eigenvalue weighted by Crippen LogP contribution is -1.89. The van der Waals surface area contributed by atoms with Crippen LogP contribution in [0.15, 0.2) is 24.5 Å². The molecule has 0 aromatic carbocycles. The molecule has 0 saturated carbocycles. The van der Waals surface area contributed by atoms with E-state index in [1.54, 1.807) is 19.5 Å². The summed E-state index contributed by atoms with van der Waals surface area (Å²) in [5.74, 6) is 0.602. The van der Waals surface area contributed by atoms with Gasteiger partial charge in [0.05, 0.1) is 12.6 Å². The lowest BCUT2D eigenvalue weighted by atomic mass is 10.2. The Labute approximate surface area is 90.1 Å². The molecule has 0 unspecified atom stereocenters. The summed E-state index contributed by atoms with van der Waals surface area (Å²) in [6.45, 7) is 6.04. The van der Waals surface area contributed by atoms with Crippen LogP contribution < -0.4 is 4.74 Å². The van der Waals surface area contributed by atoms with E-state index in [-0.39, 0.29) is 0 Å². The molecule has 0 spiro atoms. The summed E-state index contributed by atoms with van der Waals surface area (Å²) in [5.41, 5.74) is 2.10. The van der Waals surface area contributed by atoms with Crippen LogP contribution in [0.4, 0.5) is 0 Å². The van der Waals surface area contributed by atoms with E-state index in [9.17, 15) is 0 Å². The van der Waals surface area contributed by atoms with Crippen molar-refractivity contribution in [1.82, 2.24) is 9.97 Å². The maximum absolute atomic E-state index is 5.01. The number of nitrogens with zero attached hydrogens (tertiary/aromatic N) is 2. The molecule has 3 nitrogen and oxygen atoms in total. The molecule has 0 aliphatic rings. The van der Waals surface area contributed by atoms with E-state index in [1.165, 1.54) is 5.56 Å². The molecule has 2 aromatic heterocycles. The van der Waals surface area contributed by atoms with E-state index >= 15 is 0 Å². The van der Waals surface area contributed by atoms with Gasteiger partial charge in [0.1, 0.15) is 0 Å².